The lowest BCUT2D eigenvalue weighted by Gasteiger charge is -2.13. The molecule has 1 amide bonds. The van der Waals surface area contributed by atoms with E-state index in [0.717, 1.165) is 10.6 Å². The van der Waals surface area contributed by atoms with Crippen molar-refractivity contribution in [2.45, 2.75) is 13.8 Å². The molecule has 0 aliphatic rings. The summed E-state index contributed by atoms with van der Waals surface area (Å²) in [6, 6.07) is 3.05. The molecular formula is C17H16ClN3O4S. The van der Waals surface area contributed by atoms with Gasteiger partial charge >= 0.3 is 0 Å². The largest absolute Gasteiger partial charge is 0.495 e. The molecule has 0 unspecified atom stereocenters. The predicted octanol–water partition coefficient (Wildman–Crippen LogP) is 3.30. The molecule has 1 N–H and O–H groups in total. The molecule has 2 aromatic heterocycles. The molecule has 136 valence electrons. The number of aryl methyl sites for hydroxylation is 2. The molecule has 0 aliphatic carbocycles. The topological polar surface area (TPSA) is 81.9 Å². The molecule has 0 spiro atoms. The molecule has 0 aliphatic heterocycles. The van der Waals surface area contributed by atoms with E-state index in [-0.39, 0.29) is 5.56 Å². The molecule has 0 saturated heterocycles. The van der Waals surface area contributed by atoms with E-state index >= 15 is 0 Å². The summed E-state index contributed by atoms with van der Waals surface area (Å²) in [6.45, 7) is 3.72. The van der Waals surface area contributed by atoms with Gasteiger partial charge in [0.1, 0.15) is 17.1 Å². The zero-order chi connectivity index (χ0) is 19.0. The van der Waals surface area contributed by atoms with Crippen LogP contribution in [0.3, 0.4) is 0 Å². The zero-order valence-electron chi connectivity index (χ0n) is 14.5. The van der Waals surface area contributed by atoms with Gasteiger partial charge in [-0.15, -0.1) is 11.3 Å². The first-order valence-electron chi connectivity index (χ1n) is 7.58. The van der Waals surface area contributed by atoms with Crippen molar-refractivity contribution in [3.8, 4) is 11.5 Å². The molecule has 7 nitrogen and oxygen atoms in total. The highest BCUT2D eigenvalue weighted by Crippen LogP contribution is 2.36. The van der Waals surface area contributed by atoms with Crippen LogP contribution >= 0.6 is 22.9 Å². The minimum Gasteiger partial charge on any atom is -0.495 e. The molecule has 2 heterocycles. The molecule has 0 saturated carbocycles. The number of halogens is 1. The summed E-state index contributed by atoms with van der Waals surface area (Å²) >= 11 is 7.46. The van der Waals surface area contributed by atoms with Crippen molar-refractivity contribution in [3.63, 3.8) is 0 Å². The van der Waals surface area contributed by atoms with Crippen LogP contribution in [0, 0.1) is 13.8 Å². The molecule has 0 bridgehead atoms. The minimum atomic E-state index is -0.595. The fraction of sp³-hybridized carbons (Fsp3) is 0.235. The van der Waals surface area contributed by atoms with Gasteiger partial charge in [-0.2, -0.15) is 0 Å². The Kier molecular flexibility index (Phi) is 4.88. The SMILES string of the molecule is COc1cc(NC(=O)c2cnc3sc(C)c(C)n3c2=O)c(OC)cc1Cl. The summed E-state index contributed by atoms with van der Waals surface area (Å²) in [4.78, 5) is 31.1. The van der Waals surface area contributed by atoms with Crippen LogP contribution < -0.4 is 20.3 Å². The summed E-state index contributed by atoms with van der Waals surface area (Å²) in [5.74, 6) is 0.126. The zero-order valence-corrected chi connectivity index (χ0v) is 16.1. The summed E-state index contributed by atoms with van der Waals surface area (Å²) in [5.41, 5.74) is 0.609. The number of thiazole rings is 1. The van der Waals surface area contributed by atoms with Gasteiger partial charge in [0.25, 0.3) is 11.5 Å². The highest BCUT2D eigenvalue weighted by molar-refractivity contribution is 7.17. The van der Waals surface area contributed by atoms with Crippen LogP contribution in [0.25, 0.3) is 4.96 Å². The number of nitrogens with zero attached hydrogens (tertiary/aromatic N) is 2. The number of hydrogen-bond acceptors (Lipinski definition) is 6. The highest BCUT2D eigenvalue weighted by atomic mass is 35.5. The van der Waals surface area contributed by atoms with Crippen molar-refractivity contribution in [3.05, 3.63) is 49.8 Å². The first kappa shape index (κ1) is 18.2. The minimum absolute atomic E-state index is 0.0700. The van der Waals surface area contributed by atoms with Gasteiger partial charge in [0, 0.05) is 28.9 Å². The lowest BCUT2D eigenvalue weighted by molar-refractivity contribution is 0.102. The van der Waals surface area contributed by atoms with Crippen molar-refractivity contribution in [2.24, 2.45) is 0 Å². The first-order valence-corrected chi connectivity index (χ1v) is 8.77. The van der Waals surface area contributed by atoms with E-state index in [0.29, 0.717) is 27.2 Å². The number of benzene rings is 1. The summed E-state index contributed by atoms with van der Waals surface area (Å²) in [6.07, 6.45) is 1.28. The molecule has 9 heteroatoms. The molecule has 0 fully saturated rings. The average molecular weight is 394 g/mol. The Morgan fingerprint density at radius 2 is 1.92 bits per heavy atom. The van der Waals surface area contributed by atoms with Gasteiger partial charge in [-0.1, -0.05) is 11.6 Å². The Morgan fingerprint density at radius 1 is 1.23 bits per heavy atom. The number of hydrogen-bond donors (Lipinski definition) is 1. The van der Waals surface area contributed by atoms with Gasteiger partial charge in [0.05, 0.1) is 24.9 Å². The lowest BCUT2D eigenvalue weighted by Crippen LogP contribution is -2.26. The maximum Gasteiger partial charge on any atom is 0.271 e. The van der Waals surface area contributed by atoms with E-state index in [2.05, 4.69) is 10.3 Å². The van der Waals surface area contributed by atoms with E-state index < -0.39 is 11.5 Å². The van der Waals surface area contributed by atoms with Gasteiger partial charge in [-0.05, 0) is 13.8 Å². The summed E-state index contributed by atoms with van der Waals surface area (Å²) in [7, 11) is 2.92. The van der Waals surface area contributed by atoms with Crippen molar-refractivity contribution in [2.75, 3.05) is 19.5 Å². The van der Waals surface area contributed by atoms with E-state index in [1.165, 1.54) is 48.3 Å². The number of rotatable bonds is 4. The first-order chi connectivity index (χ1) is 12.4. The fourth-order valence-electron chi connectivity index (χ4n) is 2.48. The smallest absolute Gasteiger partial charge is 0.271 e. The standard InChI is InChI=1S/C17H16ClN3O4S/c1-8-9(2)26-17-19-7-10(16(23)21(8)17)15(22)20-12-6-13(24-3)11(18)5-14(12)25-4/h5-7H,1-4H3,(H,20,22). The third-order valence-electron chi connectivity index (χ3n) is 3.98. The Balaban J connectivity index is 2.04. The number of aromatic nitrogens is 2. The number of carbonyl (C=O) groups is 1. The van der Waals surface area contributed by atoms with Gasteiger partial charge in [-0.3, -0.25) is 14.0 Å². The number of nitrogens with one attached hydrogen (secondary N) is 1. The molecule has 0 radical (unpaired) electrons. The van der Waals surface area contributed by atoms with Crippen molar-refractivity contribution < 1.29 is 14.3 Å². The number of carbonyl (C=O) groups excluding carboxylic acids is 1. The Morgan fingerprint density at radius 3 is 2.58 bits per heavy atom. The second-order valence-electron chi connectivity index (χ2n) is 5.48. The van der Waals surface area contributed by atoms with E-state index in [1.807, 2.05) is 13.8 Å². The third kappa shape index (κ3) is 3.02. The van der Waals surface area contributed by atoms with Gasteiger partial charge in [-0.25, -0.2) is 4.98 Å². The molecule has 1 aromatic carbocycles. The van der Waals surface area contributed by atoms with Crippen LogP contribution in [0.1, 0.15) is 20.9 Å². The van der Waals surface area contributed by atoms with Gasteiger partial charge in [0.15, 0.2) is 4.96 Å². The number of fused-ring (bicyclic) bond motifs is 1. The van der Waals surface area contributed by atoms with Crippen LogP contribution in [0.2, 0.25) is 5.02 Å². The van der Waals surface area contributed by atoms with Crippen molar-refractivity contribution in [1.82, 2.24) is 9.38 Å². The molecule has 0 atom stereocenters. The van der Waals surface area contributed by atoms with Crippen LogP contribution in [-0.2, 0) is 0 Å². The predicted molar refractivity (Wildman–Crippen MR) is 101 cm³/mol. The number of methoxy groups -OCH3 is 2. The lowest BCUT2D eigenvalue weighted by atomic mass is 10.2. The fourth-order valence-corrected chi connectivity index (χ4v) is 3.64. The maximum absolute atomic E-state index is 12.7. The normalized spacial score (nSPS) is 10.8. The van der Waals surface area contributed by atoms with E-state index in [9.17, 15) is 9.59 Å². The Labute approximate surface area is 158 Å². The molecule has 3 rings (SSSR count). The van der Waals surface area contributed by atoms with Crippen molar-refractivity contribution in [1.29, 1.82) is 0 Å². The molecule has 3 aromatic rings. The second kappa shape index (κ2) is 6.97. The molecule has 26 heavy (non-hydrogen) atoms. The van der Waals surface area contributed by atoms with Crippen LogP contribution in [0.15, 0.2) is 23.1 Å². The second-order valence-corrected chi connectivity index (χ2v) is 7.07. The molecular weight excluding hydrogens is 378 g/mol. The van der Waals surface area contributed by atoms with Gasteiger partial charge < -0.3 is 14.8 Å². The van der Waals surface area contributed by atoms with Crippen LogP contribution in [0.5, 0.6) is 11.5 Å². The monoisotopic (exact) mass is 393 g/mol. The number of ether oxygens (including phenoxy) is 2. The van der Waals surface area contributed by atoms with E-state index in [1.54, 1.807) is 0 Å². The summed E-state index contributed by atoms with van der Waals surface area (Å²) < 4.78 is 11.8. The number of amides is 1. The highest BCUT2D eigenvalue weighted by Gasteiger charge is 2.19. The van der Waals surface area contributed by atoms with Gasteiger partial charge in [0.2, 0.25) is 0 Å². The van der Waals surface area contributed by atoms with E-state index in [4.69, 9.17) is 21.1 Å². The third-order valence-corrected chi connectivity index (χ3v) is 5.35. The van der Waals surface area contributed by atoms with Crippen molar-refractivity contribution >= 4 is 39.5 Å². The Bertz CT molecular complexity index is 1070. The van der Waals surface area contributed by atoms with Crippen LogP contribution in [0.4, 0.5) is 5.69 Å². The Hall–Kier alpha value is -2.58. The maximum atomic E-state index is 12.7. The quantitative estimate of drug-likeness (QED) is 0.735. The summed E-state index contributed by atoms with van der Waals surface area (Å²) in [5, 5.41) is 3.00. The van der Waals surface area contributed by atoms with Crippen LogP contribution in [-0.4, -0.2) is 29.5 Å². The number of anilines is 1. The average Bonchev–Trinajstić information content (AvgIpc) is 2.91.